The van der Waals surface area contributed by atoms with Crippen molar-refractivity contribution in [2.24, 2.45) is 11.8 Å². The SMILES string of the molecule is CC1CCC([C@H](NC(=O)OC(C)(C)C)C(=O)Nc2cc(F)c3c(c2)NC(=O)C32CCOCC2)CC1. The first-order chi connectivity index (χ1) is 16.5. The highest BCUT2D eigenvalue weighted by molar-refractivity contribution is 6.07. The van der Waals surface area contributed by atoms with E-state index < -0.39 is 34.9 Å². The standard InChI is InChI=1S/C26H36FN3O5/c1-15-5-7-16(8-6-15)21(30-24(33)35-25(2,3)4)22(31)28-17-13-18(27)20-19(14-17)29-23(32)26(20)9-11-34-12-10-26/h13-16,21H,5-12H2,1-4H3,(H,28,31)(H,29,32)(H,30,33)/t15?,16?,21-/m0/s1. The normalized spacial score (nSPS) is 24.3. The molecule has 1 atom stereocenters. The second-order valence-corrected chi connectivity index (χ2v) is 11.2. The molecule has 9 heteroatoms. The highest BCUT2D eigenvalue weighted by atomic mass is 19.1. The van der Waals surface area contributed by atoms with E-state index in [1.54, 1.807) is 26.8 Å². The van der Waals surface area contributed by atoms with Gasteiger partial charge in [0.15, 0.2) is 0 Å². The fourth-order valence-electron chi connectivity index (χ4n) is 5.49. The van der Waals surface area contributed by atoms with Crippen LogP contribution in [0, 0.1) is 17.7 Å². The second-order valence-electron chi connectivity index (χ2n) is 11.2. The monoisotopic (exact) mass is 489 g/mol. The van der Waals surface area contributed by atoms with Crippen LogP contribution in [-0.4, -0.2) is 42.8 Å². The molecule has 2 fully saturated rings. The Labute approximate surface area is 205 Å². The van der Waals surface area contributed by atoms with Gasteiger partial charge in [0.1, 0.15) is 17.5 Å². The highest BCUT2D eigenvalue weighted by Crippen LogP contribution is 2.47. The molecular formula is C26H36FN3O5. The van der Waals surface area contributed by atoms with E-state index in [0.717, 1.165) is 25.7 Å². The lowest BCUT2D eigenvalue weighted by molar-refractivity contribution is -0.124. The molecule has 4 rings (SSSR count). The Morgan fingerprint density at radius 1 is 1.17 bits per heavy atom. The zero-order chi connectivity index (χ0) is 25.4. The number of hydrogen-bond acceptors (Lipinski definition) is 5. The van der Waals surface area contributed by atoms with Crippen LogP contribution in [0.5, 0.6) is 0 Å². The molecule has 0 aromatic heterocycles. The van der Waals surface area contributed by atoms with Crippen LogP contribution in [-0.2, 0) is 24.5 Å². The Morgan fingerprint density at radius 3 is 2.46 bits per heavy atom. The number of alkyl carbamates (subject to hydrolysis) is 1. The highest BCUT2D eigenvalue weighted by Gasteiger charge is 2.49. The van der Waals surface area contributed by atoms with E-state index >= 15 is 4.39 Å². The fraction of sp³-hybridized carbons (Fsp3) is 0.654. The van der Waals surface area contributed by atoms with Gasteiger partial charge in [-0.25, -0.2) is 9.18 Å². The van der Waals surface area contributed by atoms with Gasteiger partial charge in [-0.05, 0) is 70.4 Å². The first-order valence-corrected chi connectivity index (χ1v) is 12.5. The molecule has 3 N–H and O–H groups in total. The minimum atomic E-state index is -0.931. The summed E-state index contributed by atoms with van der Waals surface area (Å²) < 4.78 is 26.1. The van der Waals surface area contributed by atoms with E-state index in [1.807, 2.05) is 0 Å². The van der Waals surface area contributed by atoms with Crippen LogP contribution < -0.4 is 16.0 Å². The number of carbonyl (C=O) groups is 3. The van der Waals surface area contributed by atoms with Crippen LogP contribution in [0.3, 0.4) is 0 Å². The molecule has 35 heavy (non-hydrogen) atoms. The molecule has 0 radical (unpaired) electrons. The lowest BCUT2D eigenvalue weighted by Gasteiger charge is -2.33. The number of benzene rings is 1. The number of amides is 3. The van der Waals surface area contributed by atoms with Gasteiger partial charge in [0.05, 0.1) is 11.1 Å². The molecule has 1 aromatic carbocycles. The number of nitrogens with one attached hydrogen (secondary N) is 3. The molecule has 0 bridgehead atoms. The van der Waals surface area contributed by atoms with Gasteiger partial charge >= 0.3 is 6.09 Å². The Balaban J connectivity index is 1.55. The quantitative estimate of drug-likeness (QED) is 0.578. The molecule has 2 aliphatic heterocycles. The van der Waals surface area contributed by atoms with Gasteiger partial charge < -0.3 is 25.4 Å². The van der Waals surface area contributed by atoms with Gasteiger partial charge in [-0.1, -0.05) is 19.8 Å². The molecule has 2 heterocycles. The minimum absolute atomic E-state index is 0.0526. The fourth-order valence-corrected chi connectivity index (χ4v) is 5.49. The lowest BCUT2D eigenvalue weighted by Crippen LogP contribution is -2.50. The number of halogens is 1. The van der Waals surface area contributed by atoms with E-state index in [2.05, 4.69) is 22.9 Å². The van der Waals surface area contributed by atoms with Crippen molar-refractivity contribution in [3.05, 3.63) is 23.5 Å². The van der Waals surface area contributed by atoms with Crippen molar-refractivity contribution in [1.82, 2.24) is 5.32 Å². The average molecular weight is 490 g/mol. The average Bonchev–Trinajstić information content (AvgIpc) is 3.03. The number of hydrogen-bond donors (Lipinski definition) is 3. The number of anilines is 2. The van der Waals surface area contributed by atoms with Gasteiger partial charge in [-0.3, -0.25) is 9.59 Å². The van der Waals surface area contributed by atoms with Crippen LogP contribution in [0.1, 0.15) is 71.8 Å². The van der Waals surface area contributed by atoms with Crippen molar-refractivity contribution in [3.8, 4) is 0 Å². The molecule has 3 amide bonds. The summed E-state index contributed by atoms with van der Waals surface area (Å²) in [4.78, 5) is 38.7. The Kier molecular flexibility index (Phi) is 7.09. The molecule has 1 saturated heterocycles. The molecule has 1 saturated carbocycles. The topological polar surface area (TPSA) is 106 Å². The zero-order valence-corrected chi connectivity index (χ0v) is 21.0. The lowest BCUT2D eigenvalue weighted by atomic mass is 9.75. The van der Waals surface area contributed by atoms with Crippen LogP contribution in [0.25, 0.3) is 0 Å². The number of rotatable bonds is 4. The Bertz CT molecular complexity index is 991. The number of ether oxygens (including phenoxy) is 2. The van der Waals surface area contributed by atoms with Gasteiger partial charge in [-0.2, -0.15) is 0 Å². The molecule has 1 aromatic rings. The molecule has 1 aliphatic carbocycles. The maximum atomic E-state index is 15.3. The minimum Gasteiger partial charge on any atom is -0.444 e. The summed E-state index contributed by atoms with van der Waals surface area (Å²) in [5.74, 6) is -0.688. The summed E-state index contributed by atoms with van der Waals surface area (Å²) >= 11 is 0. The first kappa shape index (κ1) is 25.4. The van der Waals surface area contributed by atoms with E-state index in [0.29, 0.717) is 43.2 Å². The smallest absolute Gasteiger partial charge is 0.408 e. The number of fused-ring (bicyclic) bond motifs is 2. The van der Waals surface area contributed by atoms with Crippen LogP contribution in [0.15, 0.2) is 12.1 Å². The van der Waals surface area contributed by atoms with Crippen molar-refractivity contribution in [2.45, 2.75) is 83.3 Å². The van der Waals surface area contributed by atoms with Gasteiger partial charge in [0.25, 0.3) is 0 Å². The summed E-state index contributed by atoms with van der Waals surface area (Å²) in [7, 11) is 0. The van der Waals surface area contributed by atoms with Crippen molar-refractivity contribution in [1.29, 1.82) is 0 Å². The van der Waals surface area contributed by atoms with Gasteiger partial charge in [0, 0.05) is 24.5 Å². The van der Waals surface area contributed by atoms with Gasteiger partial charge in [0.2, 0.25) is 11.8 Å². The van der Waals surface area contributed by atoms with E-state index in [9.17, 15) is 14.4 Å². The number of carbonyl (C=O) groups excluding carboxylic acids is 3. The van der Waals surface area contributed by atoms with E-state index in [-0.39, 0.29) is 17.5 Å². The Hall–Kier alpha value is -2.68. The molecule has 8 nitrogen and oxygen atoms in total. The third kappa shape index (κ3) is 5.44. The second kappa shape index (κ2) is 9.76. The third-order valence-electron chi connectivity index (χ3n) is 7.35. The van der Waals surface area contributed by atoms with Crippen LogP contribution in [0.2, 0.25) is 0 Å². The summed E-state index contributed by atoms with van der Waals surface area (Å²) in [6, 6.07) is 2.03. The predicted molar refractivity (Wildman–Crippen MR) is 130 cm³/mol. The maximum Gasteiger partial charge on any atom is 0.408 e. The first-order valence-electron chi connectivity index (χ1n) is 12.5. The molecule has 0 unspecified atom stereocenters. The zero-order valence-electron chi connectivity index (χ0n) is 21.0. The Morgan fingerprint density at radius 2 is 1.83 bits per heavy atom. The van der Waals surface area contributed by atoms with E-state index in [1.165, 1.54) is 6.07 Å². The van der Waals surface area contributed by atoms with Crippen molar-refractivity contribution >= 4 is 29.3 Å². The van der Waals surface area contributed by atoms with Crippen molar-refractivity contribution < 1.29 is 28.2 Å². The molecule has 3 aliphatic rings. The van der Waals surface area contributed by atoms with Crippen molar-refractivity contribution in [3.63, 3.8) is 0 Å². The van der Waals surface area contributed by atoms with Gasteiger partial charge in [-0.15, -0.1) is 0 Å². The molecule has 1 spiro atoms. The summed E-state index contributed by atoms with van der Waals surface area (Å²) in [5.41, 5.74) is -0.687. The summed E-state index contributed by atoms with van der Waals surface area (Å²) in [6.07, 6.45) is 3.70. The largest absolute Gasteiger partial charge is 0.444 e. The van der Waals surface area contributed by atoms with Crippen LogP contribution >= 0.6 is 0 Å². The van der Waals surface area contributed by atoms with Crippen molar-refractivity contribution in [2.75, 3.05) is 23.8 Å². The van der Waals surface area contributed by atoms with E-state index in [4.69, 9.17) is 9.47 Å². The molecular weight excluding hydrogens is 453 g/mol. The van der Waals surface area contributed by atoms with Crippen LogP contribution in [0.4, 0.5) is 20.6 Å². The molecule has 192 valence electrons. The maximum absolute atomic E-state index is 15.3. The third-order valence-corrected chi connectivity index (χ3v) is 7.35. The summed E-state index contributed by atoms with van der Waals surface area (Å²) in [6.45, 7) is 8.25. The predicted octanol–water partition coefficient (Wildman–Crippen LogP) is 4.48. The summed E-state index contributed by atoms with van der Waals surface area (Å²) in [5, 5.41) is 8.31.